The molecule has 0 bridgehead atoms. The molecule has 34 heavy (non-hydrogen) atoms. The molecule has 2 aromatic heterocycles. The van der Waals surface area contributed by atoms with Gasteiger partial charge in [0.1, 0.15) is 17.3 Å². The van der Waals surface area contributed by atoms with Crippen molar-refractivity contribution in [3.63, 3.8) is 0 Å². The lowest BCUT2D eigenvalue weighted by Gasteiger charge is -2.16. The summed E-state index contributed by atoms with van der Waals surface area (Å²) < 4.78 is 37.4. The molecule has 2 atom stereocenters. The van der Waals surface area contributed by atoms with Crippen LogP contribution in [0.25, 0.3) is 21.8 Å². The minimum Gasteiger partial charge on any atom is -0.497 e. The quantitative estimate of drug-likeness (QED) is 0.340. The number of anilines is 1. The van der Waals surface area contributed by atoms with Crippen molar-refractivity contribution in [1.29, 1.82) is 0 Å². The molecule has 0 saturated heterocycles. The zero-order valence-corrected chi connectivity index (χ0v) is 19.6. The van der Waals surface area contributed by atoms with E-state index < -0.39 is 6.61 Å². The van der Waals surface area contributed by atoms with Gasteiger partial charge >= 0.3 is 6.61 Å². The maximum atomic E-state index is 12.7. The van der Waals surface area contributed by atoms with Crippen molar-refractivity contribution in [3.05, 3.63) is 59.8 Å². The fraction of sp³-hybridized carbons (Fsp3) is 0.370. The predicted octanol–water partition coefficient (Wildman–Crippen LogP) is 6.47. The smallest absolute Gasteiger partial charge is 0.387 e. The maximum Gasteiger partial charge on any atom is 0.387 e. The third kappa shape index (κ3) is 4.52. The van der Waals surface area contributed by atoms with Gasteiger partial charge in [-0.1, -0.05) is 0 Å². The molecule has 0 spiro atoms. The van der Waals surface area contributed by atoms with Gasteiger partial charge in [-0.15, -0.1) is 0 Å². The highest BCUT2D eigenvalue weighted by atomic mass is 19.3. The molecule has 0 unspecified atom stereocenters. The van der Waals surface area contributed by atoms with E-state index in [1.165, 1.54) is 11.1 Å². The molecule has 2 aromatic carbocycles. The van der Waals surface area contributed by atoms with Crippen molar-refractivity contribution >= 4 is 27.6 Å². The number of ether oxygens (including phenoxy) is 2. The normalized spacial score (nSPS) is 18.2. The summed E-state index contributed by atoms with van der Waals surface area (Å²) in [6.07, 6.45) is 6.25. The van der Waals surface area contributed by atoms with Crippen LogP contribution in [-0.4, -0.2) is 29.3 Å². The van der Waals surface area contributed by atoms with Crippen LogP contribution in [0.2, 0.25) is 0 Å². The van der Waals surface area contributed by atoms with E-state index >= 15 is 0 Å². The van der Waals surface area contributed by atoms with Gasteiger partial charge in [-0.3, -0.25) is 0 Å². The molecule has 1 saturated carbocycles. The van der Waals surface area contributed by atoms with E-state index in [1.54, 1.807) is 19.2 Å². The number of benzene rings is 2. The molecular formula is C27H29F2N3O2. The van der Waals surface area contributed by atoms with Gasteiger partial charge in [0.2, 0.25) is 0 Å². The summed E-state index contributed by atoms with van der Waals surface area (Å²) >= 11 is 0. The van der Waals surface area contributed by atoms with Crippen LogP contribution in [-0.2, 0) is 13.5 Å². The second-order valence-electron chi connectivity index (χ2n) is 9.25. The Kier molecular flexibility index (Phi) is 6.02. The first-order chi connectivity index (χ1) is 16.4. The number of fused-ring (bicyclic) bond motifs is 2. The summed E-state index contributed by atoms with van der Waals surface area (Å²) in [7, 11) is 3.65. The van der Waals surface area contributed by atoms with E-state index in [-0.39, 0.29) is 5.75 Å². The van der Waals surface area contributed by atoms with E-state index in [9.17, 15) is 8.78 Å². The topological polar surface area (TPSA) is 48.3 Å². The minimum atomic E-state index is -2.82. The Bertz CT molecular complexity index is 1330. The lowest BCUT2D eigenvalue weighted by Crippen LogP contribution is -2.17. The number of aromatic nitrogens is 2. The molecule has 2 heterocycles. The molecule has 0 aliphatic heterocycles. The van der Waals surface area contributed by atoms with Gasteiger partial charge in [0.05, 0.1) is 12.6 Å². The fourth-order valence-electron chi connectivity index (χ4n) is 5.29. The zero-order valence-electron chi connectivity index (χ0n) is 19.6. The van der Waals surface area contributed by atoms with E-state index in [2.05, 4.69) is 33.8 Å². The monoisotopic (exact) mass is 465 g/mol. The van der Waals surface area contributed by atoms with Gasteiger partial charge in [0.15, 0.2) is 0 Å². The van der Waals surface area contributed by atoms with Crippen LogP contribution in [0.4, 0.5) is 14.6 Å². The van der Waals surface area contributed by atoms with Crippen molar-refractivity contribution < 1.29 is 18.3 Å². The number of aryl methyl sites for hydroxylation is 2. The lowest BCUT2D eigenvalue weighted by molar-refractivity contribution is -0.0497. The average molecular weight is 466 g/mol. The molecule has 1 fully saturated rings. The SMILES string of the molecule is COc1ccc2c(C)cc(N[C@H]3CC[C@H](Cc4cn(C)c5ccc(OC(F)F)cc45)C3)nc2c1. The van der Waals surface area contributed by atoms with Gasteiger partial charge in [-0.25, -0.2) is 4.98 Å². The highest BCUT2D eigenvalue weighted by molar-refractivity contribution is 5.86. The molecule has 1 N–H and O–H groups in total. The van der Waals surface area contributed by atoms with Crippen molar-refractivity contribution in [2.24, 2.45) is 13.0 Å². The van der Waals surface area contributed by atoms with Crippen LogP contribution in [0, 0.1) is 12.8 Å². The molecule has 1 aliphatic rings. The molecule has 0 radical (unpaired) electrons. The third-order valence-electron chi connectivity index (χ3n) is 6.89. The Hall–Kier alpha value is -3.35. The predicted molar refractivity (Wildman–Crippen MR) is 131 cm³/mol. The second-order valence-corrected chi connectivity index (χ2v) is 9.25. The molecule has 7 heteroatoms. The van der Waals surface area contributed by atoms with E-state index in [0.717, 1.165) is 59.1 Å². The van der Waals surface area contributed by atoms with Crippen molar-refractivity contribution in [2.75, 3.05) is 12.4 Å². The second kappa shape index (κ2) is 9.12. The van der Waals surface area contributed by atoms with E-state index in [0.29, 0.717) is 12.0 Å². The van der Waals surface area contributed by atoms with Gasteiger partial charge in [0.25, 0.3) is 0 Å². The van der Waals surface area contributed by atoms with Crippen molar-refractivity contribution in [3.8, 4) is 11.5 Å². The summed E-state index contributed by atoms with van der Waals surface area (Å²) in [5.74, 6) is 2.41. The van der Waals surface area contributed by atoms with E-state index in [4.69, 9.17) is 9.72 Å². The third-order valence-corrected chi connectivity index (χ3v) is 6.89. The van der Waals surface area contributed by atoms with Crippen LogP contribution < -0.4 is 14.8 Å². The maximum absolute atomic E-state index is 12.7. The number of alkyl halides is 2. The number of rotatable bonds is 7. The first-order valence-corrected chi connectivity index (χ1v) is 11.6. The average Bonchev–Trinajstić information content (AvgIpc) is 3.36. The standard InChI is InChI=1S/C27H29F2N3O2/c1-16-10-26(31-24-14-20(33-3)6-8-22(16)24)30-19-5-4-17(12-19)11-18-15-32(2)25-9-7-21(13-23(18)25)34-27(28)29/h6-10,13-15,17,19,27H,4-5,11-12H2,1-3H3,(H,30,31)/t17-,19+/m1/s1. The van der Waals surface area contributed by atoms with Crippen LogP contribution >= 0.6 is 0 Å². The summed E-state index contributed by atoms with van der Waals surface area (Å²) in [6, 6.07) is 13.6. The number of pyridine rings is 1. The summed E-state index contributed by atoms with van der Waals surface area (Å²) in [6.45, 7) is -0.717. The number of halogens is 2. The Morgan fingerprint density at radius 1 is 1.09 bits per heavy atom. The van der Waals surface area contributed by atoms with Crippen LogP contribution in [0.5, 0.6) is 11.5 Å². The van der Waals surface area contributed by atoms with Gasteiger partial charge < -0.3 is 19.4 Å². The summed E-state index contributed by atoms with van der Waals surface area (Å²) in [5, 5.41) is 5.75. The highest BCUT2D eigenvalue weighted by Crippen LogP contribution is 2.35. The molecule has 4 aromatic rings. The summed E-state index contributed by atoms with van der Waals surface area (Å²) in [5.41, 5.74) is 4.31. The first kappa shape index (κ1) is 22.4. The molecular weight excluding hydrogens is 436 g/mol. The first-order valence-electron chi connectivity index (χ1n) is 11.6. The molecule has 5 rings (SSSR count). The Balaban J connectivity index is 1.30. The molecule has 0 amide bonds. The Morgan fingerprint density at radius 2 is 1.91 bits per heavy atom. The number of nitrogens with zero attached hydrogens (tertiary/aromatic N) is 2. The summed E-state index contributed by atoms with van der Waals surface area (Å²) in [4.78, 5) is 4.83. The number of hydrogen-bond acceptors (Lipinski definition) is 4. The van der Waals surface area contributed by atoms with Crippen LogP contribution in [0.3, 0.4) is 0 Å². The number of nitrogens with one attached hydrogen (secondary N) is 1. The molecule has 178 valence electrons. The largest absolute Gasteiger partial charge is 0.497 e. The van der Waals surface area contributed by atoms with Gasteiger partial charge in [0, 0.05) is 41.6 Å². The van der Waals surface area contributed by atoms with Gasteiger partial charge in [-0.05, 0) is 86.1 Å². The van der Waals surface area contributed by atoms with Crippen LogP contribution in [0.15, 0.2) is 48.7 Å². The molecule has 5 nitrogen and oxygen atoms in total. The Morgan fingerprint density at radius 3 is 2.71 bits per heavy atom. The minimum absolute atomic E-state index is 0.204. The van der Waals surface area contributed by atoms with Crippen LogP contribution in [0.1, 0.15) is 30.4 Å². The lowest BCUT2D eigenvalue weighted by atomic mass is 9.97. The van der Waals surface area contributed by atoms with Gasteiger partial charge in [-0.2, -0.15) is 8.78 Å². The highest BCUT2D eigenvalue weighted by Gasteiger charge is 2.26. The van der Waals surface area contributed by atoms with Crippen molar-refractivity contribution in [1.82, 2.24) is 9.55 Å². The number of methoxy groups -OCH3 is 1. The Labute approximate surface area is 197 Å². The molecule has 1 aliphatic carbocycles. The van der Waals surface area contributed by atoms with E-state index in [1.807, 2.05) is 31.3 Å². The number of hydrogen-bond donors (Lipinski definition) is 1. The zero-order chi connectivity index (χ0) is 23.8. The fourth-order valence-corrected chi connectivity index (χ4v) is 5.29. The van der Waals surface area contributed by atoms with Crippen molar-refractivity contribution in [2.45, 2.75) is 45.3 Å².